The number of aromatic hydroxyl groups is 1. The largest absolute Gasteiger partial charge is 0.508 e. The first-order valence-corrected chi connectivity index (χ1v) is 5.67. The van der Waals surface area contributed by atoms with Gasteiger partial charge in [0.2, 0.25) is 0 Å². The minimum absolute atomic E-state index is 0.247. The fraction of sp³-hybridized carbons (Fsp3) is 0.538. The van der Waals surface area contributed by atoms with E-state index in [9.17, 15) is 5.11 Å². The highest BCUT2D eigenvalue weighted by atomic mass is 16.5. The minimum atomic E-state index is 0.247. The van der Waals surface area contributed by atoms with Gasteiger partial charge >= 0.3 is 0 Å². The molecule has 1 aromatic carbocycles. The maximum absolute atomic E-state index is 9.83. The molecule has 1 unspecified atom stereocenters. The third kappa shape index (κ3) is 3.22. The van der Waals surface area contributed by atoms with Crippen LogP contribution in [0.25, 0.3) is 0 Å². The van der Waals surface area contributed by atoms with E-state index in [0.717, 1.165) is 18.5 Å². The molecule has 3 heteroatoms. The van der Waals surface area contributed by atoms with Crippen LogP contribution in [0.3, 0.4) is 0 Å². The number of likely N-dealkylation sites (N-methyl/N-ethyl adjacent to an activating group) is 1. The van der Waals surface area contributed by atoms with Crippen molar-refractivity contribution in [3.63, 3.8) is 0 Å². The Morgan fingerprint density at radius 3 is 2.62 bits per heavy atom. The highest BCUT2D eigenvalue weighted by Gasteiger charge is 2.17. The molecule has 1 N–H and O–H groups in total. The lowest BCUT2D eigenvalue weighted by Gasteiger charge is -2.27. The Balaban J connectivity index is 2.77. The number of ether oxygens (including phenoxy) is 1. The maximum Gasteiger partial charge on any atom is 0.120 e. The standard InChI is InChI=1S/C13H21NO2/c1-4-12(14(2)9-10-16-3)11-7-5-6-8-13(11)15/h5-8,12,15H,4,9-10H2,1-3H3. The summed E-state index contributed by atoms with van der Waals surface area (Å²) in [6, 6.07) is 7.77. The number of phenolic OH excluding ortho intramolecular Hbond substituents is 1. The van der Waals surface area contributed by atoms with Crippen LogP contribution < -0.4 is 0 Å². The van der Waals surface area contributed by atoms with Gasteiger partial charge in [-0.1, -0.05) is 25.1 Å². The van der Waals surface area contributed by atoms with E-state index >= 15 is 0 Å². The zero-order valence-corrected chi connectivity index (χ0v) is 10.3. The summed E-state index contributed by atoms with van der Waals surface area (Å²) in [6.07, 6.45) is 0.970. The molecule has 90 valence electrons. The third-order valence-electron chi connectivity index (χ3n) is 2.86. The first-order valence-electron chi connectivity index (χ1n) is 5.67. The van der Waals surface area contributed by atoms with Crippen LogP contribution in [-0.2, 0) is 4.74 Å². The van der Waals surface area contributed by atoms with E-state index in [2.05, 4.69) is 18.9 Å². The molecule has 0 aliphatic carbocycles. The molecule has 0 spiro atoms. The van der Waals surface area contributed by atoms with Gasteiger partial charge < -0.3 is 9.84 Å². The predicted molar refractivity (Wildman–Crippen MR) is 65.6 cm³/mol. The topological polar surface area (TPSA) is 32.7 Å². The van der Waals surface area contributed by atoms with Crippen LogP contribution in [0.1, 0.15) is 24.9 Å². The summed E-state index contributed by atoms with van der Waals surface area (Å²) in [4.78, 5) is 2.21. The predicted octanol–water partition coefficient (Wildman–Crippen LogP) is 2.42. The first-order chi connectivity index (χ1) is 7.70. The summed E-state index contributed by atoms with van der Waals surface area (Å²) in [6.45, 7) is 3.70. The van der Waals surface area contributed by atoms with Crippen LogP contribution in [0.5, 0.6) is 5.75 Å². The van der Waals surface area contributed by atoms with Crippen LogP contribution in [0, 0.1) is 0 Å². The lowest BCUT2D eigenvalue weighted by Crippen LogP contribution is -2.27. The molecule has 0 fully saturated rings. The average molecular weight is 223 g/mol. The molecule has 0 heterocycles. The van der Waals surface area contributed by atoms with Gasteiger partial charge in [-0.3, -0.25) is 4.90 Å². The third-order valence-corrected chi connectivity index (χ3v) is 2.86. The number of nitrogens with zero attached hydrogens (tertiary/aromatic N) is 1. The van der Waals surface area contributed by atoms with Crippen molar-refractivity contribution in [2.45, 2.75) is 19.4 Å². The second kappa shape index (κ2) is 6.51. The first kappa shape index (κ1) is 13.0. The van der Waals surface area contributed by atoms with Gasteiger partial charge in [0.05, 0.1) is 6.61 Å². The SMILES string of the molecule is CCC(c1ccccc1O)N(C)CCOC. The Kier molecular flexibility index (Phi) is 5.29. The van der Waals surface area contributed by atoms with Crippen molar-refractivity contribution in [1.29, 1.82) is 0 Å². The van der Waals surface area contributed by atoms with Gasteiger partial charge in [-0.25, -0.2) is 0 Å². The van der Waals surface area contributed by atoms with Gasteiger partial charge in [0.15, 0.2) is 0 Å². The van der Waals surface area contributed by atoms with Gasteiger partial charge in [-0.2, -0.15) is 0 Å². The Labute approximate surface area is 97.7 Å². The highest BCUT2D eigenvalue weighted by molar-refractivity contribution is 5.34. The summed E-state index contributed by atoms with van der Waals surface area (Å²) in [5, 5.41) is 9.83. The quantitative estimate of drug-likeness (QED) is 0.804. The molecule has 0 radical (unpaired) electrons. The minimum Gasteiger partial charge on any atom is -0.508 e. The van der Waals surface area contributed by atoms with Crippen LogP contribution in [-0.4, -0.2) is 37.3 Å². The molecule has 0 aliphatic rings. The molecule has 16 heavy (non-hydrogen) atoms. The molecule has 3 nitrogen and oxygen atoms in total. The Hall–Kier alpha value is -1.06. The molecular formula is C13H21NO2. The monoisotopic (exact) mass is 223 g/mol. The average Bonchev–Trinajstić information content (AvgIpc) is 2.30. The van der Waals surface area contributed by atoms with Gasteiger partial charge in [0, 0.05) is 25.3 Å². The van der Waals surface area contributed by atoms with E-state index in [4.69, 9.17) is 4.74 Å². The molecule has 1 aromatic rings. The summed E-state index contributed by atoms with van der Waals surface area (Å²) in [5.74, 6) is 0.374. The Morgan fingerprint density at radius 2 is 2.06 bits per heavy atom. The molecule has 1 atom stereocenters. The zero-order chi connectivity index (χ0) is 12.0. The molecular weight excluding hydrogens is 202 g/mol. The van der Waals surface area contributed by atoms with E-state index in [-0.39, 0.29) is 6.04 Å². The summed E-state index contributed by atoms with van der Waals surface area (Å²) < 4.78 is 5.07. The van der Waals surface area contributed by atoms with E-state index in [1.807, 2.05) is 18.2 Å². The van der Waals surface area contributed by atoms with Gasteiger partial charge in [-0.05, 0) is 19.5 Å². The van der Waals surface area contributed by atoms with E-state index in [1.165, 1.54) is 0 Å². The van der Waals surface area contributed by atoms with Crippen molar-refractivity contribution in [2.75, 3.05) is 27.3 Å². The molecule has 0 aromatic heterocycles. The van der Waals surface area contributed by atoms with Crippen molar-refractivity contribution in [1.82, 2.24) is 4.90 Å². The maximum atomic E-state index is 9.83. The van der Waals surface area contributed by atoms with Crippen LogP contribution in [0.2, 0.25) is 0 Å². The van der Waals surface area contributed by atoms with Crippen molar-refractivity contribution < 1.29 is 9.84 Å². The number of hydrogen-bond donors (Lipinski definition) is 1. The Bertz CT molecular complexity index is 315. The number of methoxy groups -OCH3 is 1. The molecule has 0 bridgehead atoms. The van der Waals surface area contributed by atoms with E-state index in [1.54, 1.807) is 13.2 Å². The number of rotatable bonds is 6. The molecule has 0 saturated heterocycles. The second-order valence-electron chi connectivity index (χ2n) is 3.96. The van der Waals surface area contributed by atoms with Gasteiger partial charge in [0.1, 0.15) is 5.75 Å². The molecule has 0 aliphatic heterocycles. The van der Waals surface area contributed by atoms with Crippen molar-refractivity contribution in [2.24, 2.45) is 0 Å². The zero-order valence-electron chi connectivity index (χ0n) is 10.3. The number of phenols is 1. The van der Waals surface area contributed by atoms with Gasteiger partial charge in [-0.15, -0.1) is 0 Å². The van der Waals surface area contributed by atoms with Crippen molar-refractivity contribution in [3.05, 3.63) is 29.8 Å². The van der Waals surface area contributed by atoms with Gasteiger partial charge in [0.25, 0.3) is 0 Å². The summed E-state index contributed by atoms with van der Waals surface area (Å²) in [5.41, 5.74) is 0.989. The molecule has 0 amide bonds. The van der Waals surface area contributed by atoms with Crippen LogP contribution in [0.15, 0.2) is 24.3 Å². The molecule has 0 saturated carbocycles. The van der Waals surface area contributed by atoms with E-state index in [0.29, 0.717) is 12.4 Å². The Morgan fingerprint density at radius 1 is 1.38 bits per heavy atom. The number of benzene rings is 1. The number of para-hydroxylation sites is 1. The normalized spacial score (nSPS) is 13.0. The summed E-state index contributed by atoms with van der Waals surface area (Å²) in [7, 11) is 3.76. The van der Waals surface area contributed by atoms with E-state index < -0.39 is 0 Å². The lowest BCUT2D eigenvalue weighted by molar-refractivity contribution is 0.136. The fourth-order valence-electron chi connectivity index (χ4n) is 1.93. The van der Waals surface area contributed by atoms with Crippen molar-refractivity contribution >= 4 is 0 Å². The number of hydrogen-bond acceptors (Lipinski definition) is 3. The summed E-state index contributed by atoms with van der Waals surface area (Å²) >= 11 is 0. The molecule has 1 rings (SSSR count). The fourth-order valence-corrected chi connectivity index (χ4v) is 1.93. The van der Waals surface area contributed by atoms with Crippen LogP contribution in [0.4, 0.5) is 0 Å². The smallest absolute Gasteiger partial charge is 0.120 e. The van der Waals surface area contributed by atoms with Crippen molar-refractivity contribution in [3.8, 4) is 5.75 Å². The second-order valence-corrected chi connectivity index (χ2v) is 3.96. The lowest BCUT2D eigenvalue weighted by atomic mass is 10.0. The van der Waals surface area contributed by atoms with Crippen LogP contribution >= 0.6 is 0 Å². The highest BCUT2D eigenvalue weighted by Crippen LogP contribution is 2.29.